The molecule has 1 amide bonds. The number of methoxy groups -OCH3 is 1. The predicted molar refractivity (Wildman–Crippen MR) is 93.5 cm³/mol. The van der Waals surface area contributed by atoms with Crippen LogP contribution in [0, 0.1) is 29.5 Å². The number of carbonyl (C=O) groups excluding carboxylic acids is 1. The van der Waals surface area contributed by atoms with Crippen molar-refractivity contribution in [2.75, 3.05) is 23.9 Å². The third kappa shape index (κ3) is 4.73. The zero-order valence-electron chi connectivity index (χ0n) is 13.6. The van der Waals surface area contributed by atoms with Crippen LogP contribution in [-0.2, 0) is 11.3 Å². The maximum absolute atomic E-state index is 13.1. The van der Waals surface area contributed by atoms with Crippen molar-refractivity contribution in [1.29, 1.82) is 5.26 Å². The molecule has 2 aromatic carbocycles. The highest BCUT2D eigenvalue weighted by molar-refractivity contribution is 5.85. The number of halogens is 1. The van der Waals surface area contributed by atoms with Crippen LogP contribution in [0.25, 0.3) is 0 Å². The van der Waals surface area contributed by atoms with Gasteiger partial charge in [0.05, 0.1) is 24.9 Å². The zero-order valence-corrected chi connectivity index (χ0v) is 13.6. The van der Waals surface area contributed by atoms with Gasteiger partial charge in [-0.15, -0.1) is 6.42 Å². The lowest BCUT2D eigenvalue weighted by atomic mass is 10.1. The van der Waals surface area contributed by atoms with Gasteiger partial charge in [0.25, 0.3) is 0 Å². The van der Waals surface area contributed by atoms with Crippen molar-refractivity contribution in [3.05, 3.63) is 59.4 Å². The topological polar surface area (TPSA) is 65.4 Å². The maximum Gasteiger partial charge on any atom is 0.411 e. The minimum absolute atomic E-state index is 0.274. The lowest BCUT2D eigenvalue weighted by Gasteiger charge is -2.24. The highest BCUT2D eigenvalue weighted by atomic mass is 19.1. The second kappa shape index (κ2) is 8.37. The summed E-state index contributed by atoms with van der Waals surface area (Å²) >= 11 is 0. The fourth-order valence-electron chi connectivity index (χ4n) is 2.29. The van der Waals surface area contributed by atoms with E-state index in [-0.39, 0.29) is 12.4 Å². The third-order valence-electron chi connectivity index (χ3n) is 3.46. The first-order valence-electron chi connectivity index (χ1n) is 7.39. The predicted octanol–water partition coefficient (Wildman–Crippen LogP) is 3.52. The summed E-state index contributed by atoms with van der Waals surface area (Å²) in [5.41, 5.74) is 2.28. The number of rotatable bonds is 5. The molecule has 126 valence electrons. The Balaban J connectivity index is 2.31. The van der Waals surface area contributed by atoms with Gasteiger partial charge < -0.3 is 9.64 Å². The Hall–Kier alpha value is -3.51. The average Bonchev–Trinajstić information content (AvgIpc) is 2.63. The van der Waals surface area contributed by atoms with Gasteiger partial charge in [-0.2, -0.15) is 5.26 Å². The molecule has 0 unspecified atom stereocenters. The van der Waals surface area contributed by atoms with Crippen LogP contribution in [-0.4, -0.2) is 19.7 Å². The first-order valence-corrected chi connectivity index (χ1v) is 7.39. The molecule has 0 aromatic heterocycles. The molecule has 0 saturated carbocycles. The Morgan fingerprint density at radius 1 is 1.32 bits per heavy atom. The number of amides is 1. The molecule has 2 rings (SSSR count). The smallest absolute Gasteiger partial charge is 0.411 e. The van der Waals surface area contributed by atoms with Crippen LogP contribution in [0.5, 0.6) is 0 Å². The Morgan fingerprint density at radius 3 is 2.64 bits per heavy atom. The molecule has 6 heteroatoms. The molecule has 1 N–H and O–H groups in total. The number of ether oxygens (including phenoxy) is 1. The van der Waals surface area contributed by atoms with Crippen LogP contribution in [0.15, 0.2) is 42.5 Å². The SMILES string of the molecule is C#CCN(Cc1ccc(F)cc1)c1ccc(NC(=O)OC)cc1C#N. The van der Waals surface area contributed by atoms with Crippen LogP contribution < -0.4 is 10.2 Å². The summed E-state index contributed by atoms with van der Waals surface area (Å²) in [5, 5.41) is 11.9. The summed E-state index contributed by atoms with van der Waals surface area (Å²) < 4.78 is 17.6. The molecule has 0 spiro atoms. The standard InChI is InChI=1S/C19H16FN3O2/c1-3-10-23(13-14-4-6-16(20)7-5-14)18-9-8-17(11-15(18)12-21)22-19(24)25-2/h1,4-9,11H,10,13H2,2H3,(H,22,24). The van der Waals surface area contributed by atoms with E-state index in [1.54, 1.807) is 30.3 Å². The minimum atomic E-state index is -0.622. The van der Waals surface area contributed by atoms with E-state index >= 15 is 0 Å². The molecule has 2 aromatic rings. The number of carbonyl (C=O) groups is 1. The number of anilines is 2. The van der Waals surface area contributed by atoms with Crippen molar-refractivity contribution < 1.29 is 13.9 Å². The van der Waals surface area contributed by atoms with Crippen molar-refractivity contribution in [2.24, 2.45) is 0 Å². The highest BCUT2D eigenvalue weighted by Gasteiger charge is 2.13. The summed E-state index contributed by atoms with van der Waals surface area (Å²) in [6.07, 6.45) is 4.82. The first kappa shape index (κ1) is 17.8. The van der Waals surface area contributed by atoms with E-state index in [0.717, 1.165) is 5.56 Å². The summed E-state index contributed by atoms with van der Waals surface area (Å²) in [7, 11) is 1.26. The van der Waals surface area contributed by atoms with Crippen molar-refractivity contribution in [3.8, 4) is 18.4 Å². The van der Waals surface area contributed by atoms with Crippen LogP contribution in [0.2, 0.25) is 0 Å². The molecule has 0 aliphatic rings. The molecule has 0 saturated heterocycles. The number of benzene rings is 2. The van der Waals surface area contributed by atoms with Gasteiger partial charge in [-0.05, 0) is 35.9 Å². The second-order valence-electron chi connectivity index (χ2n) is 5.15. The van der Waals surface area contributed by atoms with Crippen LogP contribution in [0.4, 0.5) is 20.6 Å². The Morgan fingerprint density at radius 2 is 2.04 bits per heavy atom. The number of nitrogens with one attached hydrogen (secondary N) is 1. The molecular weight excluding hydrogens is 321 g/mol. The minimum Gasteiger partial charge on any atom is -0.453 e. The fraction of sp³-hybridized carbons (Fsp3) is 0.158. The van der Waals surface area contributed by atoms with Crippen LogP contribution in [0.1, 0.15) is 11.1 Å². The Kier molecular flexibility index (Phi) is 5.97. The molecule has 5 nitrogen and oxygen atoms in total. The van der Waals surface area contributed by atoms with Crippen molar-refractivity contribution in [2.45, 2.75) is 6.54 Å². The van der Waals surface area contributed by atoms with Gasteiger partial charge in [0.2, 0.25) is 0 Å². The summed E-state index contributed by atoms with van der Waals surface area (Å²) in [6, 6.07) is 13.1. The molecule has 25 heavy (non-hydrogen) atoms. The average molecular weight is 337 g/mol. The van der Waals surface area contributed by atoms with E-state index < -0.39 is 6.09 Å². The van der Waals surface area contributed by atoms with Gasteiger partial charge in [-0.3, -0.25) is 5.32 Å². The number of hydrogen-bond acceptors (Lipinski definition) is 4. The molecule has 0 bridgehead atoms. The largest absolute Gasteiger partial charge is 0.453 e. The van der Waals surface area contributed by atoms with Gasteiger partial charge >= 0.3 is 6.09 Å². The molecule has 0 atom stereocenters. The lowest BCUT2D eigenvalue weighted by molar-refractivity contribution is 0.187. The van der Waals surface area contributed by atoms with Gasteiger partial charge in [-0.25, -0.2) is 9.18 Å². The Bertz CT molecular complexity index is 835. The maximum atomic E-state index is 13.1. The fourth-order valence-corrected chi connectivity index (χ4v) is 2.29. The second-order valence-corrected chi connectivity index (χ2v) is 5.15. The number of nitrogens with zero attached hydrogens (tertiary/aromatic N) is 2. The number of terminal acetylenes is 1. The normalized spacial score (nSPS) is 9.60. The van der Waals surface area contributed by atoms with E-state index in [2.05, 4.69) is 22.0 Å². The molecular formula is C19H16FN3O2. The van der Waals surface area contributed by atoms with E-state index in [4.69, 9.17) is 6.42 Å². The van der Waals surface area contributed by atoms with Crippen molar-refractivity contribution >= 4 is 17.5 Å². The lowest BCUT2D eigenvalue weighted by Crippen LogP contribution is -2.24. The van der Waals surface area contributed by atoms with E-state index in [0.29, 0.717) is 23.5 Å². The van der Waals surface area contributed by atoms with Gasteiger partial charge in [0, 0.05) is 12.2 Å². The van der Waals surface area contributed by atoms with Crippen molar-refractivity contribution in [1.82, 2.24) is 0 Å². The quantitative estimate of drug-likeness (QED) is 0.848. The van der Waals surface area contributed by atoms with E-state index in [1.807, 2.05) is 4.90 Å². The summed E-state index contributed by atoms with van der Waals surface area (Å²) in [5.74, 6) is 2.24. The molecule has 0 aliphatic carbocycles. The summed E-state index contributed by atoms with van der Waals surface area (Å²) in [6.45, 7) is 0.693. The number of hydrogen-bond donors (Lipinski definition) is 1. The molecule has 0 heterocycles. The molecule has 0 fully saturated rings. The van der Waals surface area contributed by atoms with Gasteiger partial charge in [0.1, 0.15) is 11.9 Å². The van der Waals surface area contributed by atoms with Crippen LogP contribution in [0.3, 0.4) is 0 Å². The number of nitriles is 1. The molecule has 0 radical (unpaired) electrons. The molecule has 0 aliphatic heterocycles. The highest BCUT2D eigenvalue weighted by Crippen LogP contribution is 2.25. The van der Waals surface area contributed by atoms with Gasteiger partial charge in [-0.1, -0.05) is 18.1 Å². The monoisotopic (exact) mass is 337 g/mol. The Labute approximate surface area is 145 Å². The first-order chi connectivity index (χ1) is 12.1. The van der Waals surface area contributed by atoms with Gasteiger partial charge in [0.15, 0.2) is 0 Å². The van der Waals surface area contributed by atoms with E-state index in [9.17, 15) is 14.4 Å². The summed E-state index contributed by atoms with van der Waals surface area (Å²) in [4.78, 5) is 13.1. The third-order valence-corrected chi connectivity index (χ3v) is 3.46. The zero-order chi connectivity index (χ0) is 18.2. The van der Waals surface area contributed by atoms with E-state index in [1.165, 1.54) is 19.2 Å². The van der Waals surface area contributed by atoms with Crippen molar-refractivity contribution in [3.63, 3.8) is 0 Å². The van der Waals surface area contributed by atoms with Crippen LogP contribution >= 0.6 is 0 Å².